The molecule has 0 rings (SSSR count). The first-order chi connectivity index (χ1) is 15.4. The van der Waals surface area contributed by atoms with Gasteiger partial charge in [0.1, 0.15) is 6.61 Å². The zero-order valence-corrected chi connectivity index (χ0v) is 21.2. The zero-order valence-electron chi connectivity index (χ0n) is 20.3. The van der Waals surface area contributed by atoms with Crippen LogP contribution < -0.4 is 11.5 Å². The van der Waals surface area contributed by atoms with E-state index in [-0.39, 0.29) is 38.3 Å². The highest BCUT2D eigenvalue weighted by atomic mass is 31.2. The highest BCUT2D eigenvalue weighted by molar-refractivity contribution is 7.52. The Bertz CT molecular complexity index is 517. The molecule has 0 bridgehead atoms. The summed E-state index contributed by atoms with van der Waals surface area (Å²) in [4.78, 5) is 21.4. The second-order valence-electron chi connectivity index (χ2n) is 8.55. The number of hydrogen-bond acceptors (Lipinski definition) is 6. The van der Waals surface area contributed by atoms with Crippen LogP contribution in [0.3, 0.4) is 0 Å². The van der Waals surface area contributed by atoms with Crippen LogP contribution in [0.4, 0.5) is 0 Å². The van der Waals surface area contributed by atoms with Crippen molar-refractivity contribution in [3.8, 4) is 0 Å². The molecule has 0 spiro atoms. The number of carbonyl (C=O) groups excluding carboxylic acids is 1. The van der Waals surface area contributed by atoms with Gasteiger partial charge in [0.05, 0.1) is 12.8 Å². The van der Waals surface area contributed by atoms with Crippen molar-refractivity contribution in [3.05, 3.63) is 12.2 Å². The number of rotatable bonds is 23. The Hall–Kier alpha value is -0.720. The fourth-order valence-electron chi connectivity index (χ4n) is 3.28. The second-order valence-corrected chi connectivity index (χ2v) is 10.5. The normalized spacial score (nSPS) is 14.5. The van der Waals surface area contributed by atoms with Crippen molar-refractivity contribution in [1.29, 1.82) is 0 Å². The summed E-state index contributed by atoms with van der Waals surface area (Å²) in [5.41, 5.74) is 11.1. The van der Waals surface area contributed by atoms with Crippen LogP contribution in [0.1, 0.15) is 103 Å². The van der Waals surface area contributed by atoms with Crippen molar-refractivity contribution >= 4 is 13.6 Å². The molecule has 32 heavy (non-hydrogen) atoms. The van der Waals surface area contributed by atoms with E-state index >= 15 is 0 Å². The van der Waals surface area contributed by atoms with Crippen LogP contribution >= 0.6 is 7.60 Å². The van der Waals surface area contributed by atoms with E-state index in [1.165, 1.54) is 57.8 Å². The van der Waals surface area contributed by atoms with E-state index in [1.807, 2.05) is 0 Å². The van der Waals surface area contributed by atoms with Crippen LogP contribution in [0.25, 0.3) is 0 Å². The van der Waals surface area contributed by atoms with Crippen LogP contribution in [0.5, 0.6) is 0 Å². The maximum atomic E-state index is 11.8. The predicted molar refractivity (Wildman–Crippen MR) is 133 cm³/mol. The zero-order chi connectivity index (χ0) is 23.9. The molecule has 0 aliphatic heterocycles. The van der Waals surface area contributed by atoms with Gasteiger partial charge in [-0.2, -0.15) is 0 Å². The van der Waals surface area contributed by atoms with Gasteiger partial charge in [-0.3, -0.25) is 9.36 Å². The van der Waals surface area contributed by atoms with Gasteiger partial charge < -0.3 is 25.6 Å². The molecule has 0 aromatic heterocycles. The molecule has 0 aliphatic rings. The first kappa shape index (κ1) is 31.3. The van der Waals surface area contributed by atoms with E-state index in [1.54, 1.807) is 0 Å². The Morgan fingerprint density at radius 2 is 1.53 bits per heavy atom. The fraction of sp³-hybridized carbons (Fsp3) is 0.875. The number of ether oxygens (including phenoxy) is 1. The molecule has 0 fully saturated rings. The summed E-state index contributed by atoms with van der Waals surface area (Å²) in [7, 11) is -3.66. The third-order valence-electron chi connectivity index (χ3n) is 5.29. The lowest BCUT2D eigenvalue weighted by Gasteiger charge is -2.15. The van der Waals surface area contributed by atoms with Gasteiger partial charge in [0.25, 0.3) is 0 Å². The summed E-state index contributed by atoms with van der Waals surface area (Å²) in [5, 5.41) is 0. The lowest BCUT2D eigenvalue weighted by Crippen LogP contribution is -2.29. The molecule has 0 aliphatic carbocycles. The monoisotopic (exact) mass is 476 g/mol. The van der Waals surface area contributed by atoms with Gasteiger partial charge in [-0.05, 0) is 38.5 Å². The summed E-state index contributed by atoms with van der Waals surface area (Å²) in [6.45, 7) is 2.53. The standard InChI is InChI=1S/C24H49N2O5P/c1-2-3-4-5-6-7-8-9-10-11-12-13-14-15-16-17-24(27)30-22-23(26)18-21-32(28,29)31-20-19-25/h9-10,23H,2-8,11-22,25-26H2,1H3,(H,28,29)/b10-9-. The van der Waals surface area contributed by atoms with Crippen molar-refractivity contribution in [2.75, 3.05) is 25.9 Å². The summed E-state index contributed by atoms with van der Waals surface area (Å²) in [5.74, 6) is -0.260. The summed E-state index contributed by atoms with van der Waals surface area (Å²) >= 11 is 0. The minimum Gasteiger partial charge on any atom is -0.464 e. The quantitative estimate of drug-likeness (QED) is 0.0775. The molecule has 0 saturated heterocycles. The van der Waals surface area contributed by atoms with Crippen molar-refractivity contribution in [2.45, 2.75) is 109 Å². The van der Waals surface area contributed by atoms with E-state index in [9.17, 15) is 14.3 Å². The lowest BCUT2D eigenvalue weighted by atomic mass is 10.1. The van der Waals surface area contributed by atoms with Crippen molar-refractivity contribution in [3.63, 3.8) is 0 Å². The van der Waals surface area contributed by atoms with Crippen LogP contribution in [0, 0.1) is 0 Å². The number of esters is 1. The SMILES string of the molecule is CCCCCCCC/C=C\CCCCCCCC(=O)OCC(N)CCP(=O)(O)OCCN. The van der Waals surface area contributed by atoms with Gasteiger partial charge in [0, 0.05) is 19.0 Å². The lowest BCUT2D eigenvalue weighted by molar-refractivity contribution is -0.144. The van der Waals surface area contributed by atoms with E-state index in [2.05, 4.69) is 19.1 Å². The van der Waals surface area contributed by atoms with E-state index < -0.39 is 13.6 Å². The predicted octanol–water partition coefficient (Wildman–Crippen LogP) is 5.45. The van der Waals surface area contributed by atoms with Crippen LogP contribution in [0.2, 0.25) is 0 Å². The Kier molecular flexibility index (Phi) is 21.6. The third kappa shape index (κ3) is 22.5. The average Bonchev–Trinajstić information content (AvgIpc) is 2.77. The summed E-state index contributed by atoms with van der Waals surface area (Å²) in [6.07, 6.45) is 21.0. The number of carbonyl (C=O) groups is 1. The maximum absolute atomic E-state index is 11.8. The van der Waals surface area contributed by atoms with E-state index in [4.69, 9.17) is 20.7 Å². The Morgan fingerprint density at radius 1 is 0.969 bits per heavy atom. The van der Waals surface area contributed by atoms with Gasteiger partial charge in [0.2, 0.25) is 0 Å². The highest BCUT2D eigenvalue weighted by Gasteiger charge is 2.20. The van der Waals surface area contributed by atoms with Gasteiger partial charge in [-0.1, -0.05) is 70.4 Å². The highest BCUT2D eigenvalue weighted by Crippen LogP contribution is 2.42. The first-order valence-electron chi connectivity index (χ1n) is 12.6. The summed E-state index contributed by atoms with van der Waals surface area (Å²) < 4.78 is 21.7. The molecule has 5 N–H and O–H groups in total. The van der Waals surface area contributed by atoms with Crippen molar-refractivity contribution in [1.82, 2.24) is 0 Å². The molecule has 8 heteroatoms. The second kappa shape index (κ2) is 22.1. The molecular weight excluding hydrogens is 427 g/mol. The molecular formula is C24H49N2O5P. The molecule has 0 amide bonds. The molecule has 7 nitrogen and oxygen atoms in total. The third-order valence-corrected chi connectivity index (χ3v) is 6.70. The summed E-state index contributed by atoms with van der Waals surface area (Å²) in [6, 6.07) is -0.477. The van der Waals surface area contributed by atoms with Gasteiger partial charge in [-0.15, -0.1) is 0 Å². The van der Waals surface area contributed by atoms with Gasteiger partial charge in [-0.25, -0.2) is 0 Å². The van der Waals surface area contributed by atoms with Crippen LogP contribution in [0.15, 0.2) is 12.2 Å². The van der Waals surface area contributed by atoms with Gasteiger partial charge >= 0.3 is 13.6 Å². The molecule has 0 heterocycles. The topological polar surface area (TPSA) is 125 Å². The minimum atomic E-state index is -3.66. The van der Waals surface area contributed by atoms with Crippen molar-refractivity contribution in [2.24, 2.45) is 11.5 Å². The molecule has 190 valence electrons. The minimum absolute atomic E-state index is 0.0357. The van der Waals surface area contributed by atoms with Gasteiger partial charge in [0.15, 0.2) is 0 Å². The smallest absolute Gasteiger partial charge is 0.328 e. The maximum Gasteiger partial charge on any atom is 0.328 e. The first-order valence-corrected chi connectivity index (χ1v) is 14.4. The number of hydrogen-bond donors (Lipinski definition) is 3. The fourth-order valence-corrected chi connectivity index (χ4v) is 4.46. The molecule has 2 unspecified atom stereocenters. The molecule has 0 radical (unpaired) electrons. The van der Waals surface area contributed by atoms with Crippen LogP contribution in [-0.2, 0) is 18.6 Å². The Labute approximate surface area is 196 Å². The largest absolute Gasteiger partial charge is 0.464 e. The Balaban J connectivity index is 3.49. The van der Waals surface area contributed by atoms with E-state index in [0.717, 1.165) is 25.7 Å². The molecule has 0 aromatic carbocycles. The number of nitrogens with two attached hydrogens (primary N) is 2. The average molecular weight is 477 g/mol. The van der Waals surface area contributed by atoms with Crippen LogP contribution in [-0.4, -0.2) is 42.8 Å². The molecule has 2 atom stereocenters. The molecule has 0 aromatic rings. The van der Waals surface area contributed by atoms with E-state index in [0.29, 0.717) is 6.42 Å². The number of unbranched alkanes of at least 4 members (excludes halogenated alkanes) is 11. The van der Waals surface area contributed by atoms with Crippen molar-refractivity contribution < 1.29 is 23.5 Å². The molecule has 0 saturated carbocycles. The Morgan fingerprint density at radius 3 is 2.12 bits per heavy atom. The number of allylic oxidation sites excluding steroid dienone is 2.